The largest absolute Gasteiger partial charge is 0.475 e. The molecule has 4 rings (SSSR count). The van der Waals surface area contributed by atoms with Crippen molar-refractivity contribution in [1.29, 1.82) is 0 Å². The Bertz CT molecular complexity index is 1130. The molecule has 4 heteroatoms. The maximum absolute atomic E-state index is 6.25. The Labute approximate surface area is 196 Å². The van der Waals surface area contributed by atoms with Crippen LogP contribution >= 0.6 is 11.6 Å². The highest BCUT2D eigenvalue weighted by Crippen LogP contribution is 2.30. The van der Waals surface area contributed by atoms with Crippen LogP contribution in [0.15, 0.2) is 59.6 Å². The Morgan fingerprint density at radius 2 is 1.75 bits per heavy atom. The Morgan fingerprint density at radius 1 is 1.03 bits per heavy atom. The molecule has 0 aliphatic carbocycles. The molecular formula is C28H31ClN2O. The number of benzene rings is 2. The van der Waals surface area contributed by atoms with Crippen LogP contribution < -0.4 is 0 Å². The van der Waals surface area contributed by atoms with Gasteiger partial charge < -0.3 is 4.74 Å². The fourth-order valence-corrected chi connectivity index (χ4v) is 4.43. The average molecular weight is 447 g/mol. The number of ether oxygens (including phenoxy) is 1. The highest BCUT2D eigenvalue weighted by Gasteiger charge is 2.28. The maximum Gasteiger partial charge on any atom is 0.217 e. The lowest BCUT2D eigenvalue weighted by Crippen LogP contribution is -2.17. The lowest BCUT2D eigenvalue weighted by Gasteiger charge is -2.14. The molecule has 2 aromatic carbocycles. The van der Waals surface area contributed by atoms with Gasteiger partial charge in [0.25, 0.3) is 0 Å². The molecule has 1 aliphatic rings. The van der Waals surface area contributed by atoms with Crippen molar-refractivity contribution < 1.29 is 4.74 Å². The van der Waals surface area contributed by atoms with Gasteiger partial charge in [-0.2, -0.15) is 0 Å². The highest BCUT2D eigenvalue weighted by atomic mass is 35.5. The SMILES string of the molecule is CCCCc1nc(Cl)cc(C)c1Cc1ccc(-c2ccccc2C2=NC(C)(C)CO2)cc1. The summed E-state index contributed by atoms with van der Waals surface area (Å²) in [7, 11) is 0. The van der Waals surface area contributed by atoms with E-state index in [-0.39, 0.29) is 5.54 Å². The molecular weight excluding hydrogens is 416 g/mol. The molecule has 0 saturated carbocycles. The van der Waals surface area contributed by atoms with Gasteiger partial charge in [0.05, 0.1) is 5.54 Å². The molecule has 0 fully saturated rings. The molecule has 0 radical (unpaired) electrons. The second kappa shape index (κ2) is 9.46. The van der Waals surface area contributed by atoms with Crippen molar-refractivity contribution >= 4 is 17.5 Å². The van der Waals surface area contributed by atoms with Crippen LogP contribution in [0.1, 0.15) is 61.6 Å². The van der Waals surface area contributed by atoms with E-state index in [1.54, 1.807) is 0 Å². The standard InChI is InChI=1S/C28H31ClN2O/c1-5-6-11-25-24(19(2)16-26(29)30-25)17-20-12-14-21(15-13-20)22-9-7-8-10-23(22)27-31-28(3,4)18-32-27/h7-10,12-16H,5-6,11,17-18H2,1-4H3. The number of hydrogen-bond acceptors (Lipinski definition) is 3. The quantitative estimate of drug-likeness (QED) is 0.359. The van der Waals surface area contributed by atoms with E-state index < -0.39 is 0 Å². The van der Waals surface area contributed by atoms with Gasteiger partial charge in [0.2, 0.25) is 5.90 Å². The first-order valence-corrected chi connectivity index (χ1v) is 11.8. The number of hydrogen-bond donors (Lipinski definition) is 0. The van der Waals surface area contributed by atoms with E-state index in [1.165, 1.54) is 16.7 Å². The van der Waals surface area contributed by atoms with Gasteiger partial charge in [-0.25, -0.2) is 9.98 Å². The molecule has 0 atom stereocenters. The van der Waals surface area contributed by atoms with Crippen molar-refractivity contribution in [3.05, 3.63) is 87.7 Å². The number of aliphatic imine (C=N–C) groups is 1. The molecule has 0 saturated heterocycles. The first-order valence-electron chi connectivity index (χ1n) is 11.4. The molecule has 3 nitrogen and oxygen atoms in total. The van der Waals surface area contributed by atoms with Crippen LogP contribution in [0.5, 0.6) is 0 Å². The number of nitrogens with zero attached hydrogens (tertiary/aromatic N) is 2. The smallest absolute Gasteiger partial charge is 0.217 e. The van der Waals surface area contributed by atoms with Crippen molar-refractivity contribution in [2.75, 3.05) is 6.61 Å². The van der Waals surface area contributed by atoms with E-state index in [4.69, 9.17) is 21.3 Å². The van der Waals surface area contributed by atoms with E-state index in [0.717, 1.165) is 54.0 Å². The second-order valence-electron chi connectivity index (χ2n) is 9.23. The molecule has 0 bridgehead atoms. The number of halogens is 1. The summed E-state index contributed by atoms with van der Waals surface area (Å²) in [6, 6.07) is 19.1. The van der Waals surface area contributed by atoms with Gasteiger partial charge in [0.15, 0.2) is 0 Å². The monoisotopic (exact) mass is 446 g/mol. The number of aryl methyl sites for hydroxylation is 2. The van der Waals surface area contributed by atoms with Gasteiger partial charge in [-0.15, -0.1) is 0 Å². The summed E-state index contributed by atoms with van der Waals surface area (Å²) < 4.78 is 5.92. The zero-order chi connectivity index (χ0) is 22.7. The molecule has 2 heterocycles. The molecule has 1 aromatic heterocycles. The van der Waals surface area contributed by atoms with Crippen molar-refractivity contribution in [3.63, 3.8) is 0 Å². The van der Waals surface area contributed by atoms with Crippen LogP contribution in [-0.2, 0) is 17.6 Å². The van der Waals surface area contributed by atoms with Crippen LogP contribution in [-0.4, -0.2) is 23.0 Å². The normalized spacial score (nSPS) is 14.8. The first-order chi connectivity index (χ1) is 15.4. The lowest BCUT2D eigenvalue weighted by atomic mass is 9.94. The number of aromatic nitrogens is 1. The topological polar surface area (TPSA) is 34.5 Å². The van der Waals surface area contributed by atoms with Crippen LogP contribution in [0, 0.1) is 6.92 Å². The van der Waals surface area contributed by atoms with E-state index in [9.17, 15) is 0 Å². The van der Waals surface area contributed by atoms with Crippen LogP contribution in [0.3, 0.4) is 0 Å². The summed E-state index contributed by atoms with van der Waals surface area (Å²) in [6.07, 6.45) is 4.10. The molecule has 1 aliphatic heterocycles. The summed E-state index contributed by atoms with van der Waals surface area (Å²) in [4.78, 5) is 9.42. The number of unbranched alkanes of at least 4 members (excludes halogenated alkanes) is 1. The first kappa shape index (κ1) is 22.5. The molecule has 32 heavy (non-hydrogen) atoms. The molecule has 0 spiro atoms. The highest BCUT2D eigenvalue weighted by molar-refractivity contribution is 6.29. The van der Waals surface area contributed by atoms with Gasteiger partial charge in [-0.05, 0) is 80.0 Å². The zero-order valence-electron chi connectivity index (χ0n) is 19.4. The average Bonchev–Trinajstić information content (AvgIpc) is 3.14. The predicted octanol–water partition coefficient (Wildman–Crippen LogP) is 7.20. The van der Waals surface area contributed by atoms with Gasteiger partial charge >= 0.3 is 0 Å². The van der Waals surface area contributed by atoms with Crippen LogP contribution in [0.4, 0.5) is 0 Å². The minimum atomic E-state index is -0.174. The molecule has 0 amide bonds. The number of rotatable bonds is 7. The van der Waals surface area contributed by atoms with E-state index in [2.05, 4.69) is 75.1 Å². The van der Waals surface area contributed by atoms with Gasteiger partial charge in [-0.3, -0.25) is 0 Å². The minimum absolute atomic E-state index is 0.174. The zero-order valence-corrected chi connectivity index (χ0v) is 20.2. The molecule has 0 N–H and O–H groups in total. The van der Waals surface area contributed by atoms with E-state index >= 15 is 0 Å². The fourth-order valence-electron chi connectivity index (χ4n) is 4.16. The van der Waals surface area contributed by atoms with Gasteiger partial charge in [0.1, 0.15) is 11.8 Å². The summed E-state index contributed by atoms with van der Waals surface area (Å²) in [5.74, 6) is 0.734. The molecule has 3 aromatic rings. The predicted molar refractivity (Wildman–Crippen MR) is 134 cm³/mol. The summed E-state index contributed by atoms with van der Waals surface area (Å²) in [6.45, 7) is 9.15. The third-order valence-electron chi connectivity index (χ3n) is 5.94. The van der Waals surface area contributed by atoms with Gasteiger partial charge in [0, 0.05) is 11.3 Å². The van der Waals surface area contributed by atoms with Crippen LogP contribution in [0.25, 0.3) is 11.1 Å². The molecule has 0 unspecified atom stereocenters. The lowest BCUT2D eigenvalue weighted by molar-refractivity contribution is 0.279. The third-order valence-corrected chi connectivity index (χ3v) is 6.13. The Hall–Kier alpha value is -2.65. The fraction of sp³-hybridized carbons (Fsp3) is 0.357. The Balaban J connectivity index is 1.61. The van der Waals surface area contributed by atoms with Crippen molar-refractivity contribution in [2.45, 2.75) is 58.9 Å². The second-order valence-corrected chi connectivity index (χ2v) is 9.62. The summed E-state index contributed by atoms with van der Waals surface area (Å²) in [5, 5.41) is 0.588. The Morgan fingerprint density at radius 3 is 2.41 bits per heavy atom. The van der Waals surface area contributed by atoms with Gasteiger partial charge in [-0.1, -0.05) is 67.4 Å². The third kappa shape index (κ3) is 5.05. The van der Waals surface area contributed by atoms with Crippen molar-refractivity contribution in [1.82, 2.24) is 4.98 Å². The van der Waals surface area contributed by atoms with E-state index in [0.29, 0.717) is 11.8 Å². The van der Waals surface area contributed by atoms with Crippen LogP contribution in [0.2, 0.25) is 5.15 Å². The molecule has 166 valence electrons. The summed E-state index contributed by atoms with van der Waals surface area (Å²) >= 11 is 6.25. The van der Waals surface area contributed by atoms with Crippen molar-refractivity contribution in [3.8, 4) is 11.1 Å². The maximum atomic E-state index is 6.25. The minimum Gasteiger partial charge on any atom is -0.475 e. The summed E-state index contributed by atoms with van der Waals surface area (Å²) in [5.41, 5.74) is 8.09. The number of pyridine rings is 1. The Kier molecular flexibility index (Phi) is 6.66. The van der Waals surface area contributed by atoms with Crippen molar-refractivity contribution in [2.24, 2.45) is 4.99 Å². The van der Waals surface area contributed by atoms with E-state index in [1.807, 2.05) is 12.1 Å².